The molecule has 0 saturated carbocycles. The second kappa shape index (κ2) is 12.2. The largest absolute Gasteiger partial charge is 0.482 e. The molecule has 0 atom stereocenters. The average Bonchev–Trinajstić information content (AvgIpc) is 3.92. The van der Waals surface area contributed by atoms with E-state index in [-0.39, 0.29) is 23.0 Å². The van der Waals surface area contributed by atoms with E-state index >= 15 is 0 Å². The van der Waals surface area contributed by atoms with Crippen molar-refractivity contribution in [3.63, 3.8) is 0 Å². The number of hydrogen-bond donors (Lipinski definition) is 0. The van der Waals surface area contributed by atoms with E-state index in [9.17, 15) is 20.1 Å². The van der Waals surface area contributed by atoms with Gasteiger partial charge in [0.05, 0.1) is 35.0 Å². The van der Waals surface area contributed by atoms with Gasteiger partial charge in [0.2, 0.25) is 0 Å². The van der Waals surface area contributed by atoms with Crippen LogP contribution in [0, 0.1) is 35.8 Å². The summed E-state index contributed by atoms with van der Waals surface area (Å²) in [6.45, 7) is 23.4. The number of carbonyl (C=O) groups excluding carboxylic acids is 2. The molecule has 2 aromatic heterocycles. The van der Waals surface area contributed by atoms with Gasteiger partial charge in [-0.3, -0.25) is 9.59 Å². The summed E-state index contributed by atoms with van der Waals surface area (Å²) in [4.78, 5) is 37.5. The summed E-state index contributed by atoms with van der Waals surface area (Å²) in [6, 6.07) is 26.2. The lowest BCUT2D eigenvalue weighted by atomic mass is 9.81. The molecule has 0 radical (unpaired) electrons. The van der Waals surface area contributed by atoms with Crippen LogP contribution in [0.1, 0.15) is 80.4 Å². The highest BCUT2D eigenvalue weighted by Crippen LogP contribution is 2.57. The van der Waals surface area contributed by atoms with Gasteiger partial charge in [0, 0.05) is 65.4 Å². The minimum Gasteiger partial charge on any atom is -0.482 e. The average molecular weight is 763 g/mol. The fraction of sp³-hybridized carbons (Fsp3) is 0.130. The maximum absolute atomic E-state index is 13.7. The Morgan fingerprint density at radius 3 is 1.36 bits per heavy atom. The number of rotatable bonds is 2. The van der Waals surface area contributed by atoms with Crippen molar-refractivity contribution in [3.8, 4) is 44.5 Å². The van der Waals surface area contributed by atoms with Gasteiger partial charge in [-0.1, -0.05) is 48.5 Å². The molecule has 4 aliphatic rings. The third kappa shape index (κ3) is 4.98. The van der Waals surface area contributed by atoms with Crippen LogP contribution in [-0.4, -0.2) is 11.6 Å². The van der Waals surface area contributed by atoms with Gasteiger partial charge in [0.25, 0.3) is 11.4 Å². The highest BCUT2D eigenvalue weighted by Gasteiger charge is 2.41. The highest BCUT2D eigenvalue weighted by atomic mass is 32.1. The van der Waals surface area contributed by atoms with Crippen LogP contribution in [0.25, 0.3) is 53.9 Å². The molecule has 2 aliphatic heterocycles. The molecule has 0 bridgehead atoms. The molecular weight excluding hydrogens is 737 g/mol. The van der Waals surface area contributed by atoms with Crippen LogP contribution in [0.3, 0.4) is 0 Å². The van der Waals surface area contributed by atoms with Crippen molar-refractivity contribution in [3.05, 3.63) is 161 Å². The normalized spacial score (nSPS) is 19.4. The van der Waals surface area contributed by atoms with Crippen LogP contribution in [0.2, 0.25) is 0 Å². The van der Waals surface area contributed by atoms with E-state index in [1.807, 2.05) is 52.0 Å². The molecule has 0 amide bonds. The van der Waals surface area contributed by atoms with Crippen LogP contribution in [-0.2, 0) is 11.2 Å². The van der Waals surface area contributed by atoms with Gasteiger partial charge in [-0.25, -0.2) is 20.2 Å². The molecular formula is C46H26N4O4S2. The Kier molecular flexibility index (Phi) is 7.57. The molecule has 8 nitrogen and oxygen atoms in total. The van der Waals surface area contributed by atoms with Crippen LogP contribution in [0.15, 0.2) is 95.3 Å². The van der Waals surface area contributed by atoms with Crippen LogP contribution >= 0.6 is 22.7 Å². The summed E-state index contributed by atoms with van der Waals surface area (Å²) < 4.78 is 13.3. The molecule has 2 aliphatic carbocycles. The Bertz CT molecular complexity index is 2770. The van der Waals surface area contributed by atoms with E-state index in [1.165, 1.54) is 22.7 Å². The summed E-state index contributed by atoms with van der Waals surface area (Å²) in [5.74, 6) is 0.864. The lowest BCUT2D eigenvalue weighted by Crippen LogP contribution is -2.32. The fourth-order valence-corrected chi connectivity index (χ4v) is 10.2. The van der Waals surface area contributed by atoms with E-state index < -0.39 is 11.2 Å². The Morgan fingerprint density at radius 1 is 0.625 bits per heavy atom. The molecule has 10 heteroatoms. The van der Waals surface area contributed by atoms with E-state index in [0.29, 0.717) is 56.0 Å². The SMILES string of the molecule is [C-]#[N+]C(C#N)=C1/C(=C/c2cc3c(s2)-c2cc4c(cc2C(C)(C)O3)-c2sc(/C=C3\C(=O)c5ccccc5\C3=C(\C#N)[N+]#[C-])cc2OC4(C)C)C(=O)c2ccccc21. The summed E-state index contributed by atoms with van der Waals surface area (Å²) in [5, 5.41) is 19.6. The molecule has 0 unspecified atom stereocenters. The first kappa shape index (κ1) is 34.7. The Morgan fingerprint density at radius 2 is 1.00 bits per heavy atom. The maximum Gasteiger partial charge on any atom is 0.270 e. The number of benzene rings is 3. The van der Waals surface area contributed by atoms with E-state index in [1.54, 1.807) is 60.7 Å². The summed E-state index contributed by atoms with van der Waals surface area (Å²) in [7, 11) is 0. The molecule has 5 aromatic rings. The second-order valence-corrected chi connectivity index (χ2v) is 16.8. The topological polar surface area (TPSA) is 109 Å². The van der Waals surface area contributed by atoms with E-state index in [2.05, 4.69) is 21.8 Å². The molecule has 3 aromatic carbocycles. The van der Waals surface area contributed by atoms with Crippen LogP contribution < -0.4 is 9.47 Å². The predicted molar refractivity (Wildman–Crippen MR) is 216 cm³/mol. The first-order valence-corrected chi connectivity index (χ1v) is 19.1. The molecule has 0 saturated heterocycles. The molecule has 0 N–H and O–H groups in total. The number of carbonyl (C=O) groups is 2. The van der Waals surface area contributed by atoms with Crippen LogP contribution in [0.5, 0.6) is 11.5 Å². The zero-order chi connectivity index (χ0) is 39.3. The Hall–Kier alpha value is -7.08. The van der Waals surface area contributed by atoms with Crippen molar-refractivity contribution in [2.45, 2.75) is 38.9 Å². The molecule has 0 fully saturated rings. The first-order valence-electron chi connectivity index (χ1n) is 17.5. The number of thiophene rings is 2. The van der Waals surface area contributed by atoms with Crippen molar-refractivity contribution in [1.82, 2.24) is 0 Å². The number of allylic oxidation sites excluding steroid dienone is 6. The van der Waals surface area contributed by atoms with Gasteiger partial charge in [-0.15, -0.1) is 22.7 Å². The second-order valence-electron chi connectivity index (χ2n) is 14.6. The number of nitrogens with zero attached hydrogens (tertiary/aromatic N) is 4. The van der Waals surface area contributed by atoms with E-state index in [4.69, 9.17) is 22.6 Å². The number of ketones is 2. The van der Waals surface area contributed by atoms with Gasteiger partial charge < -0.3 is 9.47 Å². The number of Topliss-reactive ketones (excluding diaryl/α,β-unsaturated/α-hetero) is 2. The molecule has 9 rings (SSSR count). The Labute approximate surface area is 330 Å². The third-order valence-corrected chi connectivity index (χ3v) is 12.7. The Balaban J connectivity index is 1.16. The first-order chi connectivity index (χ1) is 26.9. The molecule has 0 spiro atoms. The minimum atomic E-state index is -0.745. The van der Waals surface area contributed by atoms with Gasteiger partial charge >= 0.3 is 0 Å². The number of ether oxygens (including phenoxy) is 2. The molecule has 56 heavy (non-hydrogen) atoms. The van der Waals surface area contributed by atoms with Gasteiger partial charge in [-0.2, -0.15) is 0 Å². The number of hydrogen-bond acceptors (Lipinski definition) is 8. The zero-order valence-electron chi connectivity index (χ0n) is 30.3. The number of nitriles is 2. The lowest BCUT2D eigenvalue weighted by Gasteiger charge is -2.38. The minimum absolute atomic E-state index is 0.133. The van der Waals surface area contributed by atoms with Crippen molar-refractivity contribution in [2.75, 3.05) is 0 Å². The van der Waals surface area contributed by atoms with Crippen molar-refractivity contribution < 1.29 is 19.1 Å². The molecule has 4 heterocycles. The van der Waals surface area contributed by atoms with Crippen LogP contribution in [0.4, 0.5) is 0 Å². The van der Waals surface area contributed by atoms with Gasteiger partial charge in [-0.05, 0) is 75.2 Å². The third-order valence-electron chi connectivity index (χ3n) is 10.5. The lowest BCUT2D eigenvalue weighted by molar-refractivity contribution is 0.101. The quantitative estimate of drug-likeness (QED) is 0.101. The van der Waals surface area contributed by atoms with Crippen molar-refractivity contribution >= 4 is 57.5 Å². The maximum atomic E-state index is 13.7. The highest BCUT2D eigenvalue weighted by molar-refractivity contribution is 7.17. The molecule has 266 valence electrons. The smallest absolute Gasteiger partial charge is 0.270 e. The predicted octanol–water partition coefficient (Wildman–Crippen LogP) is 11.3. The standard InChI is InChI=1S/C46H26N4O4S2/c1-45(2)33-19-30-34(20-29(33)43-37(53-45)17-23(55-43)15-31-39(35(21-47)49-5)25-11-7-9-13-27(25)41(31)51)46(3,4)54-38-18-24(56-44(30)38)16-32-40(36(22-48)50-6)26-12-8-10-14-28(26)42(32)52/h7-20H,1-4H3/b31-15-,32-16-,39-35+,40-36?. The van der Waals surface area contributed by atoms with Gasteiger partial charge in [0.15, 0.2) is 11.6 Å². The monoisotopic (exact) mass is 762 g/mol. The van der Waals surface area contributed by atoms with Crippen molar-refractivity contribution in [2.24, 2.45) is 0 Å². The van der Waals surface area contributed by atoms with Crippen molar-refractivity contribution in [1.29, 1.82) is 10.5 Å². The van der Waals surface area contributed by atoms with Gasteiger partial charge in [0.1, 0.15) is 22.7 Å². The number of fused-ring (bicyclic) bond motifs is 8. The summed E-state index contributed by atoms with van der Waals surface area (Å²) in [5.41, 5.74) is 5.50. The summed E-state index contributed by atoms with van der Waals surface area (Å²) >= 11 is 2.94. The zero-order valence-corrected chi connectivity index (χ0v) is 32.0. The van der Waals surface area contributed by atoms with E-state index in [0.717, 1.165) is 41.8 Å². The fourth-order valence-electron chi connectivity index (χ4n) is 8.03. The summed E-state index contributed by atoms with van der Waals surface area (Å²) in [6.07, 6.45) is 3.51.